The van der Waals surface area contributed by atoms with Crippen LogP contribution >= 0.6 is 11.6 Å². The molecule has 0 amide bonds. The van der Waals surface area contributed by atoms with Crippen LogP contribution in [0.4, 0.5) is 5.95 Å². The molecule has 6 heteroatoms. The fourth-order valence-corrected chi connectivity index (χ4v) is 2.57. The van der Waals surface area contributed by atoms with Crippen LogP contribution in [-0.4, -0.2) is 54.3 Å². The first-order chi connectivity index (χ1) is 9.81. The van der Waals surface area contributed by atoms with Gasteiger partial charge in [0.15, 0.2) is 0 Å². The van der Waals surface area contributed by atoms with E-state index in [0.29, 0.717) is 0 Å². The third kappa shape index (κ3) is 3.42. The van der Waals surface area contributed by atoms with Gasteiger partial charge in [0, 0.05) is 24.7 Å². The van der Waals surface area contributed by atoms with Crippen molar-refractivity contribution in [1.82, 2.24) is 14.9 Å². The average molecular weight is 295 g/mol. The highest BCUT2D eigenvalue weighted by Crippen LogP contribution is 2.18. The summed E-state index contributed by atoms with van der Waals surface area (Å²) in [6.45, 7) is 5.81. The maximum absolute atomic E-state index is 5.96. The van der Waals surface area contributed by atoms with E-state index in [9.17, 15) is 0 Å². The number of aromatic nitrogens is 2. The Bertz CT molecular complexity index is 565. The number of H-pyrrole nitrogens is 1. The fourth-order valence-electron chi connectivity index (χ4n) is 2.40. The van der Waals surface area contributed by atoms with E-state index >= 15 is 0 Å². The summed E-state index contributed by atoms with van der Waals surface area (Å²) >= 11 is 5.96. The highest BCUT2D eigenvalue weighted by atomic mass is 35.5. The molecule has 0 bridgehead atoms. The normalized spacial score (nSPS) is 16.6. The Morgan fingerprint density at radius 2 is 2.20 bits per heavy atom. The zero-order valence-electron chi connectivity index (χ0n) is 11.4. The van der Waals surface area contributed by atoms with E-state index in [-0.39, 0.29) is 0 Å². The molecule has 3 rings (SSSR count). The number of nitrogens with one attached hydrogen (secondary N) is 2. The molecule has 1 saturated heterocycles. The molecule has 0 atom stereocenters. The predicted octanol–water partition coefficient (Wildman–Crippen LogP) is 2.35. The molecule has 0 unspecified atom stereocenters. The van der Waals surface area contributed by atoms with Gasteiger partial charge in [0.2, 0.25) is 5.95 Å². The van der Waals surface area contributed by atoms with Crippen LogP contribution in [0, 0.1) is 0 Å². The van der Waals surface area contributed by atoms with E-state index in [1.165, 1.54) is 0 Å². The number of halogens is 1. The first-order valence-electron chi connectivity index (χ1n) is 7.00. The van der Waals surface area contributed by atoms with Gasteiger partial charge >= 0.3 is 0 Å². The zero-order valence-corrected chi connectivity index (χ0v) is 12.1. The minimum atomic E-state index is 0.722. The maximum Gasteiger partial charge on any atom is 0.201 e. The van der Waals surface area contributed by atoms with Gasteiger partial charge in [0.1, 0.15) is 0 Å². The van der Waals surface area contributed by atoms with Crippen LogP contribution in [0.2, 0.25) is 5.02 Å². The molecule has 0 aliphatic carbocycles. The molecular weight excluding hydrogens is 276 g/mol. The lowest BCUT2D eigenvalue weighted by molar-refractivity contribution is 0.0378. The molecule has 1 aromatic heterocycles. The molecular formula is C14H19ClN4O. The Morgan fingerprint density at radius 1 is 1.35 bits per heavy atom. The summed E-state index contributed by atoms with van der Waals surface area (Å²) in [5, 5.41) is 4.05. The molecule has 1 fully saturated rings. The van der Waals surface area contributed by atoms with Gasteiger partial charge in [0.25, 0.3) is 0 Å². The molecule has 0 spiro atoms. The van der Waals surface area contributed by atoms with Gasteiger partial charge in [-0.05, 0) is 31.2 Å². The van der Waals surface area contributed by atoms with Crippen LogP contribution in [0.1, 0.15) is 6.42 Å². The number of benzene rings is 1. The van der Waals surface area contributed by atoms with Gasteiger partial charge in [-0.1, -0.05) is 11.6 Å². The maximum atomic E-state index is 5.96. The number of morpholine rings is 1. The van der Waals surface area contributed by atoms with Crippen molar-refractivity contribution >= 4 is 28.6 Å². The van der Waals surface area contributed by atoms with Crippen LogP contribution in [0.5, 0.6) is 0 Å². The third-order valence-corrected chi connectivity index (χ3v) is 3.73. The van der Waals surface area contributed by atoms with Gasteiger partial charge in [-0.3, -0.25) is 4.90 Å². The Kier molecular flexibility index (Phi) is 4.40. The van der Waals surface area contributed by atoms with E-state index in [1.807, 2.05) is 18.2 Å². The molecule has 108 valence electrons. The molecule has 1 aromatic carbocycles. The number of imidazole rings is 1. The number of hydrogen-bond donors (Lipinski definition) is 2. The van der Waals surface area contributed by atoms with E-state index < -0.39 is 0 Å². The van der Waals surface area contributed by atoms with Gasteiger partial charge in [-0.25, -0.2) is 4.98 Å². The van der Waals surface area contributed by atoms with Crippen LogP contribution in [0.15, 0.2) is 18.2 Å². The molecule has 1 aliphatic heterocycles. The van der Waals surface area contributed by atoms with Crippen LogP contribution in [-0.2, 0) is 4.74 Å². The second-order valence-corrected chi connectivity index (χ2v) is 5.42. The number of aromatic amines is 1. The zero-order chi connectivity index (χ0) is 13.8. The third-order valence-electron chi connectivity index (χ3n) is 3.49. The predicted molar refractivity (Wildman–Crippen MR) is 81.5 cm³/mol. The summed E-state index contributed by atoms with van der Waals surface area (Å²) in [7, 11) is 0. The van der Waals surface area contributed by atoms with Gasteiger partial charge in [-0.15, -0.1) is 0 Å². The summed E-state index contributed by atoms with van der Waals surface area (Å²) in [5.74, 6) is 0.809. The number of fused-ring (bicyclic) bond motifs is 1. The van der Waals surface area contributed by atoms with Crippen molar-refractivity contribution in [3.05, 3.63) is 23.2 Å². The van der Waals surface area contributed by atoms with Crippen LogP contribution in [0.25, 0.3) is 11.0 Å². The van der Waals surface area contributed by atoms with Crippen molar-refractivity contribution < 1.29 is 4.74 Å². The van der Waals surface area contributed by atoms with Crippen molar-refractivity contribution in [3.63, 3.8) is 0 Å². The minimum Gasteiger partial charge on any atom is -0.379 e. The number of rotatable bonds is 5. The quantitative estimate of drug-likeness (QED) is 0.831. The Morgan fingerprint density at radius 3 is 3.05 bits per heavy atom. The topological polar surface area (TPSA) is 53.2 Å². The van der Waals surface area contributed by atoms with Crippen molar-refractivity contribution in [1.29, 1.82) is 0 Å². The average Bonchev–Trinajstić information content (AvgIpc) is 2.86. The van der Waals surface area contributed by atoms with Crippen molar-refractivity contribution in [3.8, 4) is 0 Å². The lowest BCUT2D eigenvalue weighted by Crippen LogP contribution is -2.37. The Labute approximate surface area is 123 Å². The van der Waals surface area contributed by atoms with E-state index in [4.69, 9.17) is 16.3 Å². The van der Waals surface area contributed by atoms with Gasteiger partial charge in [-0.2, -0.15) is 0 Å². The summed E-state index contributed by atoms with van der Waals surface area (Å²) in [6, 6.07) is 5.67. The SMILES string of the molecule is Clc1ccc2nc(NCCCN3CCOCC3)[nH]c2c1. The van der Waals surface area contributed by atoms with Gasteiger partial charge in [0.05, 0.1) is 24.2 Å². The largest absolute Gasteiger partial charge is 0.379 e. The highest BCUT2D eigenvalue weighted by molar-refractivity contribution is 6.31. The second-order valence-electron chi connectivity index (χ2n) is 4.98. The highest BCUT2D eigenvalue weighted by Gasteiger charge is 2.09. The fraction of sp³-hybridized carbons (Fsp3) is 0.500. The molecule has 2 aromatic rings. The lowest BCUT2D eigenvalue weighted by atomic mass is 10.3. The molecule has 5 nitrogen and oxygen atoms in total. The first-order valence-corrected chi connectivity index (χ1v) is 7.38. The first kappa shape index (κ1) is 13.7. The van der Waals surface area contributed by atoms with Crippen LogP contribution in [0.3, 0.4) is 0 Å². The Hall–Kier alpha value is -1.30. The summed E-state index contributed by atoms with van der Waals surface area (Å²) in [4.78, 5) is 10.1. The van der Waals surface area contributed by atoms with E-state index in [0.717, 1.165) is 67.8 Å². The summed E-state index contributed by atoms with van der Waals surface area (Å²) in [5.41, 5.74) is 1.90. The molecule has 1 aliphatic rings. The number of hydrogen-bond acceptors (Lipinski definition) is 4. The summed E-state index contributed by atoms with van der Waals surface area (Å²) in [6.07, 6.45) is 1.10. The standard InChI is InChI=1S/C14H19ClN4O/c15-11-2-3-12-13(10-11)18-14(17-12)16-4-1-5-19-6-8-20-9-7-19/h2-3,10H,1,4-9H2,(H2,16,17,18). The molecule has 0 saturated carbocycles. The summed E-state index contributed by atoms with van der Waals surface area (Å²) < 4.78 is 5.34. The number of nitrogens with zero attached hydrogens (tertiary/aromatic N) is 2. The monoisotopic (exact) mass is 294 g/mol. The molecule has 20 heavy (non-hydrogen) atoms. The van der Waals surface area contributed by atoms with E-state index in [1.54, 1.807) is 0 Å². The molecule has 0 radical (unpaired) electrons. The smallest absolute Gasteiger partial charge is 0.201 e. The molecule has 2 heterocycles. The second kappa shape index (κ2) is 6.43. The lowest BCUT2D eigenvalue weighted by Gasteiger charge is -2.26. The van der Waals surface area contributed by atoms with E-state index in [2.05, 4.69) is 20.2 Å². The number of ether oxygens (including phenoxy) is 1. The minimum absolute atomic E-state index is 0.722. The van der Waals surface area contributed by atoms with Crippen molar-refractivity contribution in [2.24, 2.45) is 0 Å². The molecule has 2 N–H and O–H groups in total. The van der Waals surface area contributed by atoms with Crippen molar-refractivity contribution in [2.45, 2.75) is 6.42 Å². The van der Waals surface area contributed by atoms with Crippen molar-refractivity contribution in [2.75, 3.05) is 44.7 Å². The number of anilines is 1. The Balaban J connectivity index is 1.47. The van der Waals surface area contributed by atoms with Crippen LogP contribution < -0.4 is 5.32 Å². The van der Waals surface area contributed by atoms with Gasteiger partial charge < -0.3 is 15.0 Å².